The zero-order valence-electron chi connectivity index (χ0n) is 14.4. The molecule has 0 bridgehead atoms. The standard InChI is InChI=1S/C20H17N3O4/c24-18(22-14-6-7-16-17(11-14)27-10-9-26-16)12-19(25)23-15-5-1-3-13-4-2-8-21-20(13)15/h1-8,11H,9-10,12H2,(H,22,24)(H,23,25). The summed E-state index contributed by atoms with van der Waals surface area (Å²) in [6, 6.07) is 14.3. The number of benzene rings is 2. The average Bonchev–Trinajstić information content (AvgIpc) is 2.68. The van der Waals surface area contributed by atoms with Crippen molar-refractivity contribution in [3.63, 3.8) is 0 Å². The first kappa shape index (κ1) is 16.8. The SMILES string of the molecule is O=C(CC(=O)Nc1cccc2cccnc12)Nc1ccc2c(c1)OCCO2. The summed E-state index contributed by atoms with van der Waals surface area (Å²) < 4.78 is 10.9. The molecule has 4 rings (SSSR count). The molecule has 2 aromatic carbocycles. The normalized spacial score (nSPS) is 12.4. The lowest BCUT2D eigenvalue weighted by molar-refractivity contribution is -0.123. The van der Waals surface area contributed by atoms with Crippen molar-refractivity contribution in [1.29, 1.82) is 0 Å². The van der Waals surface area contributed by atoms with Crippen LogP contribution in [0, 0.1) is 0 Å². The lowest BCUT2D eigenvalue weighted by Crippen LogP contribution is -2.22. The van der Waals surface area contributed by atoms with Crippen molar-refractivity contribution < 1.29 is 19.1 Å². The molecular formula is C20H17N3O4. The first-order valence-electron chi connectivity index (χ1n) is 8.52. The Hall–Kier alpha value is -3.61. The third-order valence-electron chi connectivity index (χ3n) is 4.05. The van der Waals surface area contributed by atoms with Crippen LogP contribution < -0.4 is 20.1 Å². The molecule has 136 valence electrons. The molecule has 3 aromatic rings. The Labute approximate surface area is 155 Å². The maximum atomic E-state index is 12.2. The highest BCUT2D eigenvalue weighted by Crippen LogP contribution is 2.32. The zero-order chi connectivity index (χ0) is 18.6. The Morgan fingerprint density at radius 3 is 2.59 bits per heavy atom. The molecule has 27 heavy (non-hydrogen) atoms. The van der Waals surface area contributed by atoms with E-state index in [1.807, 2.05) is 24.3 Å². The minimum Gasteiger partial charge on any atom is -0.486 e. The summed E-state index contributed by atoms with van der Waals surface area (Å²) in [5.41, 5.74) is 1.80. The molecule has 0 saturated heterocycles. The van der Waals surface area contributed by atoms with E-state index < -0.39 is 11.8 Å². The highest BCUT2D eigenvalue weighted by Gasteiger charge is 2.15. The largest absolute Gasteiger partial charge is 0.486 e. The molecule has 7 heteroatoms. The van der Waals surface area contributed by atoms with Crippen LogP contribution in [0.2, 0.25) is 0 Å². The summed E-state index contributed by atoms with van der Waals surface area (Å²) in [7, 11) is 0. The Morgan fingerprint density at radius 2 is 1.70 bits per heavy atom. The van der Waals surface area contributed by atoms with Crippen molar-refractivity contribution in [2.45, 2.75) is 6.42 Å². The lowest BCUT2D eigenvalue weighted by atomic mass is 10.2. The number of anilines is 2. The molecule has 1 aliphatic rings. The Kier molecular flexibility index (Phi) is 4.57. The second-order valence-electron chi connectivity index (χ2n) is 6.01. The van der Waals surface area contributed by atoms with Gasteiger partial charge >= 0.3 is 0 Å². The third-order valence-corrected chi connectivity index (χ3v) is 4.05. The maximum absolute atomic E-state index is 12.2. The number of para-hydroxylation sites is 1. The predicted octanol–water partition coefficient (Wildman–Crippen LogP) is 2.97. The quantitative estimate of drug-likeness (QED) is 0.696. The van der Waals surface area contributed by atoms with Gasteiger partial charge in [-0.15, -0.1) is 0 Å². The molecule has 0 unspecified atom stereocenters. The van der Waals surface area contributed by atoms with E-state index in [2.05, 4.69) is 15.6 Å². The molecule has 2 amide bonds. The molecule has 0 aliphatic carbocycles. The summed E-state index contributed by atoms with van der Waals surface area (Å²) in [5, 5.41) is 6.35. The van der Waals surface area contributed by atoms with Crippen molar-refractivity contribution in [3.8, 4) is 11.5 Å². The number of nitrogens with zero attached hydrogens (tertiary/aromatic N) is 1. The van der Waals surface area contributed by atoms with Gasteiger partial charge in [-0.3, -0.25) is 14.6 Å². The van der Waals surface area contributed by atoms with E-state index in [0.717, 1.165) is 5.39 Å². The fraction of sp³-hybridized carbons (Fsp3) is 0.150. The van der Waals surface area contributed by atoms with Crippen molar-refractivity contribution in [1.82, 2.24) is 4.98 Å². The maximum Gasteiger partial charge on any atom is 0.233 e. The number of carbonyl (C=O) groups excluding carboxylic acids is 2. The van der Waals surface area contributed by atoms with Crippen LogP contribution in [-0.2, 0) is 9.59 Å². The van der Waals surface area contributed by atoms with Crippen LogP contribution in [0.15, 0.2) is 54.7 Å². The van der Waals surface area contributed by atoms with Crippen molar-refractivity contribution >= 4 is 34.1 Å². The van der Waals surface area contributed by atoms with E-state index in [9.17, 15) is 9.59 Å². The number of amides is 2. The fourth-order valence-electron chi connectivity index (χ4n) is 2.87. The lowest BCUT2D eigenvalue weighted by Gasteiger charge is -2.19. The summed E-state index contributed by atoms with van der Waals surface area (Å²) >= 11 is 0. The van der Waals surface area contributed by atoms with Gasteiger partial charge in [0.05, 0.1) is 11.2 Å². The van der Waals surface area contributed by atoms with Gasteiger partial charge in [-0.25, -0.2) is 0 Å². The monoisotopic (exact) mass is 363 g/mol. The summed E-state index contributed by atoms with van der Waals surface area (Å²) in [5.74, 6) is 0.381. The highest BCUT2D eigenvalue weighted by molar-refractivity contribution is 6.10. The van der Waals surface area contributed by atoms with Gasteiger partial charge in [0.25, 0.3) is 0 Å². The van der Waals surface area contributed by atoms with Crippen molar-refractivity contribution in [2.75, 3.05) is 23.8 Å². The van der Waals surface area contributed by atoms with Crippen molar-refractivity contribution in [3.05, 3.63) is 54.7 Å². The predicted molar refractivity (Wildman–Crippen MR) is 101 cm³/mol. The molecule has 0 saturated carbocycles. The van der Waals surface area contributed by atoms with E-state index in [-0.39, 0.29) is 6.42 Å². The zero-order valence-corrected chi connectivity index (χ0v) is 14.4. The van der Waals surface area contributed by atoms with Gasteiger partial charge < -0.3 is 20.1 Å². The smallest absolute Gasteiger partial charge is 0.233 e. The molecule has 1 aromatic heterocycles. The molecule has 1 aliphatic heterocycles. The molecule has 2 N–H and O–H groups in total. The van der Waals surface area contributed by atoms with Crippen LogP contribution in [0.25, 0.3) is 10.9 Å². The minimum absolute atomic E-state index is 0.308. The molecule has 0 spiro atoms. The van der Waals surface area contributed by atoms with Crippen molar-refractivity contribution in [2.24, 2.45) is 0 Å². The Bertz CT molecular complexity index is 1010. The van der Waals surface area contributed by atoms with E-state index in [0.29, 0.717) is 41.6 Å². The third kappa shape index (κ3) is 3.82. The van der Waals surface area contributed by atoms with Gasteiger partial charge in [0.2, 0.25) is 11.8 Å². The van der Waals surface area contributed by atoms with Crippen LogP contribution in [0.5, 0.6) is 11.5 Å². The second-order valence-corrected chi connectivity index (χ2v) is 6.01. The van der Waals surface area contributed by atoms with Gasteiger partial charge in [-0.1, -0.05) is 18.2 Å². The Balaban J connectivity index is 1.40. The van der Waals surface area contributed by atoms with Crippen LogP contribution in [-0.4, -0.2) is 30.0 Å². The van der Waals surface area contributed by atoms with Crippen LogP contribution in [0.3, 0.4) is 0 Å². The highest BCUT2D eigenvalue weighted by atomic mass is 16.6. The van der Waals surface area contributed by atoms with Gasteiger partial charge in [0, 0.05) is 23.3 Å². The fourth-order valence-corrected chi connectivity index (χ4v) is 2.87. The average molecular weight is 363 g/mol. The topological polar surface area (TPSA) is 89.6 Å². The molecular weight excluding hydrogens is 346 g/mol. The number of nitrogens with one attached hydrogen (secondary N) is 2. The summed E-state index contributed by atoms with van der Waals surface area (Å²) in [6.45, 7) is 0.966. The van der Waals surface area contributed by atoms with Crippen LogP contribution >= 0.6 is 0 Å². The van der Waals surface area contributed by atoms with E-state index in [4.69, 9.17) is 9.47 Å². The van der Waals surface area contributed by atoms with E-state index in [1.54, 1.807) is 30.5 Å². The number of pyridine rings is 1. The number of hydrogen-bond donors (Lipinski definition) is 2. The molecule has 0 atom stereocenters. The van der Waals surface area contributed by atoms with Gasteiger partial charge in [-0.05, 0) is 24.3 Å². The molecule has 7 nitrogen and oxygen atoms in total. The first-order valence-corrected chi connectivity index (χ1v) is 8.52. The van der Waals surface area contributed by atoms with E-state index >= 15 is 0 Å². The first-order chi connectivity index (χ1) is 13.2. The molecule has 0 fully saturated rings. The van der Waals surface area contributed by atoms with Crippen LogP contribution in [0.4, 0.5) is 11.4 Å². The summed E-state index contributed by atoms with van der Waals surface area (Å²) in [6.07, 6.45) is 1.35. The van der Waals surface area contributed by atoms with E-state index in [1.165, 1.54) is 0 Å². The second kappa shape index (κ2) is 7.33. The minimum atomic E-state index is -0.419. The van der Waals surface area contributed by atoms with Crippen LogP contribution in [0.1, 0.15) is 6.42 Å². The number of hydrogen-bond acceptors (Lipinski definition) is 5. The number of aromatic nitrogens is 1. The number of ether oxygens (including phenoxy) is 2. The summed E-state index contributed by atoms with van der Waals surface area (Å²) in [4.78, 5) is 28.7. The Morgan fingerprint density at radius 1 is 0.926 bits per heavy atom. The number of carbonyl (C=O) groups is 2. The molecule has 2 heterocycles. The van der Waals surface area contributed by atoms with Gasteiger partial charge in [0.15, 0.2) is 11.5 Å². The van der Waals surface area contributed by atoms with Gasteiger partial charge in [-0.2, -0.15) is 0 Å². The number of fused-ring (bicyclic) bond motifs is 2. The van der Waals surface area contributed by atoms with Gasteiger partial charge in [0.1, 0.15) is 19.6 Å². The molecule has 0 radical (unpaired) electrons. The number of rotatable bonds is 4.